The third-order valence-electron chi connectivity index (χ3n) is 4.86. The largest absolute Gasteiger partial charge is 0.369 e. The number of hydrogen-bond acceptors (Lipinski definition) is 7. The molecule has 5 aromatic rings. The number of aromatic nitrogens is 4. The van der Waals surface area contributed by atoms with Crippen molar-refractivity contribution in [2.24, 2.45) is 10.7 Å². The molecule has 5 rings (SSSR count). The molecule has 8 nitrogen and oxygen atoms in total. The molecule has 9 heteroatoms. The molecule has 0 saturated heterocycles. The van der Waals surface area contributed by atoms with Gasteiger partial charge >= 0.3 is 0 Å². The predicted molar refractivity (Wildman–Crippen MR) is 137 cm³/mol. The summed E-state index contributed by atoms with van der Waals surface area (Å²) >= 11 is 1.63. The summed E-state index contributed by atoms with van der Waals surface area (Å²) in [5.41, 5.74) is 11.3. The van der Waals surface area contributed by atoms with E-state index in [2.05, 4.69) is 35.8 Å². The number of anilines is 3. The van der Waals surface area contributed by atoms with E-state index in [1.165, 1.54) is 0 Å². The summed E-state index contributed by atoms with van der Waals surface area (Å²) in [6.45, 7) is 0. The lowest BCUT2D eigenvalue weighted by Crippen LogP contribution is -2.22. The maximum absolute atomic E-state index is 6.15. The number of nitrogens with zero attached hydrogens (tertiary/aromatic N) is 5. The molecule has 0 radical (unpaired) electrons. The lowest BCUT2D eigenvalue weighted by Gasteiger charge is -2.12. The summed E-state index contributed by atoms with van der Waals surface area (Å²) < 4.78 is 0. The lowest BCUT2D eigenvalue weighted by molar-refractivity contribution is 1.03. The number of nitrogens with two attached hydrogens (primary N) is 1. The minimum Gasteiger partial charge on any atom is -0.369 e. The van der Waals surface area contributed by atoms with Gasteiger partial charge in [-0.15, -0.1) is 10.2 Å². The number of thiophene rings is 1. The van der Waals surface area contributed by atoms with E-state index < -0.39 is 0 Å². The molecule has 0 saturated carbocycles. The van der Waals surface area contributed by atoms with Gasteiger partial charge in [-0.2, -0.15) is 16.3 Å². The number of guanidine groups is 1. The Labute approximate surface area is 200 Å². The van der Waals surface area contributed by atoms with Crippen molar-refractivity contribution in [2.45, 2.75) is 0 Å². The molecule has 2 aromatic carbocycles. The van der Waals surface area contributed by atoms with Crippen molar-refractivity contribution >= 4 is 40.4 Å². The van der Waals surface area contributed by atoms with Crippen molar-refractivity contribution in [1.29, 1.82) is 0 Å². The number of para-hydroxylation sites is 2. The number of aliphatic imine (C=N–C) groups is 1. The Bertz CT molecular complexity index is 1400. The molecular formula is C25H20N8S. The summed E-state index contributed by atoms with van der Waals surface area (Å²) in [4.78, 5) is 13.3. The second-order valence-corrected chi connectivity index (χ2v) is 7.99. The number of nitrogens with one attached hydrogen (secondary N) is 2. The molecule has 3 aromatic heterocycles. The highest BCUT2D eigenvalue weighted by atomic mass is 32.1. The zero-order chi connectivity index (χ0) is 23.2. The molecule has 0 unspecified atom stereocenters. The van der Waals surface area contributed by atoms with Crippen LogP contribution in [-0.4, -0.2) is 26.1 Å². The van der Waals surface area contributed by atoms with Crippen LogP contribution in [0.15, 0.2) is 101 Å². The Morgan fingerprint density at radius 1 is 0.794 bits per heavy atom. The van der Waals surface area contributed by atoms with E-state index in [-0.39, 0.29) is 5.96 Å². The molecule has 3 heterocycles. The SMILES string of the molecule is NC(=Nc1ccc(-c2ccccc2)nn1)Nc1ccccc1Nc1nccc(-c2ccsc2)n1. The van der Waals surface area contributed by atoms with Crippen LogP contribution in [0, 0.1) is 0 Å². The summed E-state index contributed by atoms with van der Waals surface area (Å²) in [5, 5.41) is 18.8. The molecule has 0 amide bonds. The van der Waals surface area contributed by atoms with E-state index in [1.54, 1.807) is 23.6 Å². The van der Waals surface area contributed by atoms with Gasteiger partial charge < -0.3 is 16.4 Å². The Balaban J connectivity index is 1.32. The average molecular weight is 465 g/mol. The second kappa shape index (κ2) is 9.88. The molecule has 0 bridgehead atoms. The average Bonchev–Trinajstić information content (AvgIpc) is 3.42. The quantitative estimate of drug-likeness (QED) is 0.226. The Kier molecular flexibility index (Phi) is 6.17. The minimum absolute atomic E-state index is 0.184. The third kappa shape index (κ3) is 5.05. The first-order chi connectivity index (χ1) is 16.7. The first-order valence-corrected chi connectivity index (χ1v) is 11.4. The topological polar surface area (TPSA) is 114 Å². The van der Waals surface area contributed by atoms with Crippen LogP contribution in [-0.2, 0) is 0 Å². The standard InChI is InChI=1S/C25H20N8S/c26-24(31-23-11-10-20(32-33-23)17-6-2-1-3-7-17)28-21-8-4-5-9-22(21)30-25-27-14-12-19(29-25)18-13-15-34-16-18/h1-16H,(H,27,29,30)(H3,26,28,31,33). The van der Waals surface area contributed by atoms with E-state index in [4.69, 9.17) is 5.73 Å². The fourth-order valence-electron chi connectivity index (χ4n) is 3.25. The van der Waals surface area contributed by atoms with Crippen molar-refractivity contribution in [1.82, 2.24) is 20.2 Å². The fourth-order valence-corrected chi connectivity index (χ4v) is 3.90. The Hall–Kier alpha value is -4.63. The van der Waals surface area contributed by atoms with Crippen molar-refractivity contribution in [3.63, 3.8) is 0 Å². The molecule has 0 atom stereocenters. The molecule has 34 heavy (non-hydrogen) atoms. The van der Waals surface area contributed by atoms with Gasteiger partial charge in [0.25, 0.3) is 0 Å². The van der Waals surface area contributed by atoms with E-state index in [9.17, 15) is 0 Å². The van der Waals surface area contributed by atoms with E-state index in [0.29, 0.717) is 11.8 Å². The van der Waals surface area contributed by atoms with Crippen molar-refractivity contribution < 1.29 is 0 Å². The summed E-state index contributed by atoms with van der Waals surface area (Å²) in [7, 11) is 0. The Morgan fingerprint density at radius 3 is 2.38 bits per heavy atom. The maximum atomic E-state index is 6.15. The van der Waals surface area contributed by atoms with Gasteiger partial charge in [0.05, 0.1) is 22.8 Å². The van der Waals surface area contributed by atoms with Crippen molar-refractivity contribution in [3.05, 3.63) is 95.8 Å². The number of hydrogen-bond donors (Lipinski definition) is 3. The molecule has 0 fully saturated rings. The number of benzene rings is 2. The molecule has 0 spiro atoms. The third-order valence-corrected chi connectivity index (χ3v) is 5.55. The predicted octanol–water partition coefficient (Wildman–Crippen LogP) is 5.46. The van der Waals surface area contributed by atoms with Crippen LogP contribution < -0.4 is 16.4 Å². The van der Waals surface area contributed by atoms with Crippen LogP contribution in [0.25, 0.3) is 22.5 Å². The van der Waals surface area contributed by atoms with Gasteiger partial charge in [-0.3, -0.25) is 0 Å². The van der Waals surface area contributed by atoms with Gasteiger partial charge in [0.2, 0.25) is 5.95 Å². The fraction of sp³-hybridized carbons (Fsp3) is 0. The molecule has 4 N–H and O–H groups in total. The normalized spacial score (nSPS) is 11.2. The van der Waals surface area contributed by atoms with Crippen LogP contribution >= 0.6 is 11.3 Å². The minimum atomic E-state index is 0.184. The monoisotopic (exact) mass is 464 g/mol. The zero-order valence-corrected chi connectivity index (χ0v) is 18.8. The molecule has 166 valence electrons. The summed E-state index contributed by atoms with van der Waals surface area (Å²) in [6.07, 6.45) is 1.73. The molecular weight excluding hydrogens is 444 g/mol. The highest BCUT2D eigenvalue weighted by Gasteiger charge is 2.08. The van der Waals surface area contributed by atoms with Crippen molar-refractivity contribution in [3.8, 4) is 22.5 Å². The maximum Gasteiger partial charge on any atom is 0.227 e. The van der Waals surface area contributed by atoms with Gasteiger partial charge in [-0.05, 0) is 41.8 Å². The van der Waals surface area contributed by atoms with Crippen LogP contribution in [0.2, 0.25) is 0 Å². The van der Waals surface area contributed by atoms with E-state index in [1.807, 2.05) is 83.6 Å². The Morgan fingerprint density at radius 2 is 1.62 bits per heavy atom. The van der Waals surface area contributed by atoms with Crippen LogP contribution in [0.5, 0.6) is 0 Å². The van der Waals surface area contributed by atoms with Gasteiger partial charge in [0.1, 0.15) is 0 Å². The first-order valence-electron chi connectivity index (χ1n) is 10.5. The van der Waals surface area contributed by atoms with Gasteiger partial charge in [0.15, 0.2) is 11.8 Å². The van der Waals surface area contributed by atoms with Crippen LogP contribution in [0.3, 0.4) is 0 Å². The highest BCUT2D eigenvalue weighted by molar-refractivity contribution is 7.08. The van der Waals surface area contributed by atoms with Crippen molar-refractivity contribution in [2.75, 3.05) is 10.6 Å². The highest BCUT2D eigenvalue weighted by Crippen LogP contribution is 2.26. The smallest absolute Gasteiger partial charge is 0.227 e. The molecule has 0 aliphatic carbocycles. The van der Waals surface area contributed by atoms with Crippen LogP contribution in [0.4, 0.5) is 23.1 Å². The number of rotatable bonds is 6. The lowest BCUT2D eigenvalue weighted by atomic mass is 10.1. The van der Waals surface area contributed by atoms with Crippen LogP contribution in [0.1, 0.15) is 0 Å². The van der Waals surface area contributed by atoms with E-state index >= 15 is 0 Å². The second-order valence-electron chi connectivity index (χ2n) is 7.21. The molecule has 0 aliphatic rings. The summed E-state index contributed by atoms with van der Waals surface area (Å²) in [5.74, 6) is 1.07. The van der Waals surface area contributed by atoms with E-state index in [0.717, 1.165) is 33.9 Å². The first kappa shape index (κ1) is 21.2. The summed E-state index contributed by atoms with van der Waals surface area (Å²) in [6, 6.07) is 25.0. The van der Waals surface area contributed by atoms with Gasteiger partial charge in [0, 0.05) is 22.7 Å². The zero-order valence-electron chi connectivity index (χ0n) is 18.0. The van der Waals surface area contributed by atoms with Gasteiger partial charge in [-0.1, -0.05) is 42.5 Å². The van der Waals surface area contributed by atoms with Gasteiger partial charge in [-0.25, -0.2) is 9.97 Å². The molecule has 0 aliphatic heterocycles.